The smallest absolute Gasteiger partial charge is 0.0557 e. The second-order valence-corrected chi connectivity index (χ2v) is 16.0. The molecule has 0 aliphatic heterocycles. The molecule has 1 heterocycles. The van der Waals surface area contributed by atoms with Gasteiger partial charge < -0.3 is 9.47 Å². The molecule has 4 aliphatic rings. The van der Waals surface area contributed by atoms with Crippen LogP contribution >= 0.6 is 0 Å². The average molecular weight is 699 g/mol. The monoisotopic (exact) mass is 698 g/mol. The molecule has 2 unspecified atom stereocenters. The van der Waals surface area contributed by atoms with E-state index >= 15 is 0 Å². The van der Waals surface area contributed by atoms with Gasteiger partial charge in [0.05, 0.1) is 11.6 Å². The summed E-state index contributed by atoms with van der Waals surface area (Å²) in [6, 6.07) is 43.2. The molecule has 0 radical (unpaired) electrons. The Kier molecular flexibility index (Phi) is 7.84. The third-order valence-electron chi connectivity index (χ3n) is 12.4. The van der Waals surface area contributed by atoms with E-state index in [9.17, 15) is 0 Å². The minimum absolute atomic E-state index is 0.0340. The Morgan fingerprint density at radius 2 is 1.48 bits per heavy atom. The summed E-state index contributed by atoms with van der Waals surface area (Å²) in [5.74, 6) is 0.452. The van der Waals surface area contributed by atoms with Crippen LogP contribution in [0.4, 0.5) is 5.69 Å². The Morgan fingerprint density at radius 3 is 2.30 bits per heavy atom. The summed E-state index contributed by atoms with van der Waals surface area (Å²) in [6.07, 6.45) is 23.0. The lowest BCUT2D eigenvalue weighted by atomic mass is 9.82. The molecule has 0 saturated carbocycles. The van der Waals surface area contributed by atoms with E-state index in [1.165, 1.54) is 83.7 Å². The van der Waals surface area contributed by atoms with Crippen molar-refractivity contribution in [3.63, 3.8) is 0 Å². The van der Waals surface area contributed by atoms with Gasteiger partial charge in [0.15, 0.2) is 0 Å². The molecule has 54 heavy (non-hydrogen) atoms. The Labute approximate surface area is 319 Å². The second kappa shape index (κ2) is 12.9. The molecular weight excluding hydrogens is 653 g/mol. The number of hydrogen-bond donors (Lipinski definition) is 0. The molecule has 264 valence electrons. The number of hydrogen-bond acceptors (Lipinski definition) is 1. The first-order chi connectivity index (χ1) is 26.5. The summed E-state index contributed by atoms with van der Waals surface area (Å²) in [4.78, 5) is 2.63. The normalized spacial score (nSPS) is 19.2. The van der Waals surface area contributed by atoms with Crippen molar-refractivity contribution in [2.24, 2.45) is 5.92 Å². The number of rotatable bonds is 6. The number of aromatic nitrogens is 1. The van der Waals surface area contributed by atoms with Crippen molar-refractivity contribution >= 4 is 28.2 Å². The van der Waals surface area contributed by atoms with Gasteiger partial charge in [-0.05, 0) is 130 Å². The first-order valence-electron chi connectivity index (χ1n) is 19.7. The molecule has 0 saturated heterocycles. The SMILES string of the molecule is CC1CC=CC=C1N(c1ccc2c(c1)C(C)(C)c1ccccc1-2)C1C=CC(c2ccc3c(c2)c2c(n3-c3ccc(-c4ccccc4)cc3)C=CCC2)=CC1. The predicted octanol–water partition coefficient (Wildman–Crippen LogP) is 13.3. The first kappa shape index (κ1) is 32.8. The molecule has 0 N–H and O–H groups in total. The van der Waals surface area contributed by atoms with Crippen molar-refractivity contribution in [2.45, 2.75) is 57.9 Å². The van der Waals surface area contributed by atoms with E-state index in [4.69, 9.17) is 0 Å². The molecule has 1 aromatic heterocycles. The van der Waals surface area contributed by atoms with E-state index in [2.05, 4.69) is 194 Å². The van der Waals surface area contributed by atoms with Crippen molar-refractivity contribution in [2.75, 3.05) is 4.90 Å². The van der Waals surface area contributed by atoms with Crippen LogP contribution in [0.2, 0.25) is 0 Å². The zero-order chi connectivity index (χ0) is 36.4. The van der Waals surface area contributed by atoms with Crippen molar-refractivity contribution < 1.29 is 0 Å². The number of benzene rings is 5. The quantitative estimate of drug-likeness (QED) is 0.168. The molecule has 0 spiro atoms. The molecule has 6 aromatic rings. The summed E-state index contributed by atoms with van der Waals surface area (Å²) in [5.41, 5.74) is 18.6. The van der Waals surface area contributed by atoms with Crippen LogP contribution in [0.15, 0.2) is 163 Å². The van der Waals surface area contributed by atoms with Crippen molar-refractivity contribution in [1.29, 1.82) is 0 Å². The summed E-state index contributed by atoms with van der Waals surface area (Å²) in [5, 5.41) is 1.37. The number of aryl methyl sites for hydroxylation is 1. The molecule has 0 bridgehead atoms. The largest absolute Gasteiger partial charge is 0.338 e. The Morgan fingerprint density at radius 1 is 0.704 bits per heavy atom. The molecule has 2 nitrogen and oxygen atoms in total. The highest BCUT2D eigenvalue weighted by Crippen LogP contribution is 2.50. The number of fused-ring (bicyclic) bond motifs is 6. The van der Waals surface area contributed by atoms with E-state index < -0.39 is 0 Å². The minimum Gasteiger partial charge on any atom is -0.338 e. The fourth-order valence-electron chi connectivity index (χ4n) is 9.57. The number of allylic oxidation sites excluding steroid dienone is 7. The van der Waals surface area contributed by atoms with Crippen LogP contribution in [0.5, 0.6) is 0 Å². The van der Waals surface area contributed by atoms with Gasteiger partial charge in [0.2, 0.25) is 0 Å². The third-order valence-corrected chi connectivity index (χ3v) is 12.4. The van der Waals surface area contributed by atoms with Crippen LogP contribution in [0.3, 0.4) is 0 Å². The van der Waals surface area contributed by atoms with E-state index in [-0.39, 0.29) is 11.5 Å². The maximum atomic E-state index is 2.63. The topological polar surface area (TPSA) is 8.17 Å². The Balaban J connectivity index is 0.985. The van der Waals surface area contributed by atoms with E-state index in [0.717, 1.165) is 25.7 Å². The van der Waals surface area contributed by atoms with Gasteiger partial charge in [-0.3, -0.25) is 0 Å². The molecular formula is C52H46N2. The van der Waals surface area contributed by atoms with Crippen molar-refractivity contribution in [3.05, 3.63) is 191 Å². The van der Waals surface area contributed by atoms with E-state index in [1.807, 2.05) is 0 Å². The lowest BCUT2D eigenvalue weighted by Gasteiger charge is -2.38. The number of nitrogens with zero attached hydrogens (tertiary/aromatic N) is 2. The van der Waals surface area contributed by atoms with Gasteiger partial charge in [-0.25, -0.2) is 0 Å². The van der Waals surface area contributed by atoms with Crippen molar-refractivity contribution in [1.82, 2.24) is 4.57 Å². The van der Waals surface area contributed by atoms with Crippen LogP contribution in [0.1, 0.15) is 68.0 Å². The van der Waals surface area contributed by atoms with Gasteiger partial charge in [0.1, 0.15) is 0 Å². The molecule has 10 rings (SSSR count). The highest BCUT2D eigenvalue weighted by atomic mass is 15.2. The molecule has 5 aromatic carbocycles. The van der Waals surface area contributed by atoms with Crippen LogP contribution in [0, 0.1) is 5.92 Å². The van der Waals surface area contributed by atoms with E-state index in [1.54, 1.807) is 0 Å². The van der Waals surface area contributed by atoms with Crippen LogP contribution in [0.25, 0.3) is 50.5 Å². The zero-order valence-corrected chi connectivity index (χ0v) is 31.5. The maximum Gasteiger partial charge on any atom is 0.0557 e. The van der Waals surface area contributed by atoms with Gasteiger partial charge >= 0.3 is 0 Å². The number of anilines is 1. The Bertz CT molecular complexity index is 2590. The molecule has 2 atom stereocenters. The van der Waals surface area contributed by atoms with Gasteiger partial charge in [0.25, 0.3) is 0 Å². The summed E-state index contributed by atoms with van der Waals surface area (Å²) in [6.45, 7) is 7.14. The predicted molar refractivity (Wildman–Crippen MR) is 229 cm³/mol. The van der Waals surface area contributed by atoms with Gasteiger partial charge in [0, 0.05) is 33.6 Å². The Hall–Kier alpha value is -5.86. The first-order valence-corrected chi connectivity index (χ1v) is 19.7. The van der Waals surface area contributed by atoms with E-state index in [0.29, 0.717) is 5.92 Å². The third kappa shape index (κ3) is 5.30. The molecule has 0 amide bonds. The van der Waals surface area contributed by atoms with Crippen LogP contribution in [-0.2, 0) is 11.8 Å². The maximum absolute atomic E-state index is 2.63. The molecule has 4 aliphatic carbocycles. The van der Waals surface area contributed by atoms with Gasteiger partial charge in [-0.1, -0.05) is 136 Å². The summed E-state index contributed by atoms with van der Waals surface area (Å²) < 4.78 is 2.46. The van der Waals surface area contributed by atoms with Gasteiger partial charge in [-0.2, -0.15) is 0 Å². The minimum atomic E-state index is -0.0340. The average Bonchev–Trinajstić information content (AvgIpc) is 3.67. The van der Waals surface area contributed by atoms with Crippen molar-refractivity contribution in [3.8, 4) is 27.9 Å². The summed E-state index contributed by atoms with van der Waals surface area (Å²) in [7, 11) is 0. The van der Waals surface area contributed by atoms with Crippen LogP contribution in [-0.4, -0.2) is 10.6 Å². The highest BCUT2D eigenvalue weighted by Gasteiger charge is 2.36. The van der Waals surface area contributed by atoms with Crippen LogP contribution < -0.4 is 4.90 Å². The lowest BCUT2D eigenvalue weighted by Crippen LogP contribution is -2.36. The lowest BCUT2D eigenvalue weighted by molar-refractivity contribution is 0.613. The standard InChI is InChI=1S/C52H46N2/c1-35-13-7-11-19-49(35)53(42-30-31-44-43-16-8-10-18-47(43)52(2,3)48(44)34-42)40-26-23-38(24-27-40)39-25-32-51-46(33-39)45-17-9-12-20-50(45)54(51)41-28-21-37(22-29-41)36-14-5-4-6-15-36/h4-8,10-12,14-16,18-26,28-35,40H,9,13,17,27H2,1-3H3. The molecule has 0 fully saturated rings. The van der Waals surface area contributed by atoms with Gasteiger partial charge in [-0.15, -0.1) is 0 Å². The zero-order valence-electron chi connectivity index (χ0n) is 31.5. The fourth-order valence-corrected chi connectivity index (χ4v) is 9.57. The summed E-state index contributed by atoms with van der Waals surface area (Å²) >= 11 is 0. The fraction of sp³-hybridized carbons (Fsp3) is 0.192. The second-order valence-electron chi connectivity index (χ2n) is 16.0. The molecule has 2 heteroatoms. The highest BCUT2D eigenvalue weighted by molar-refractivity contribution is 5.94.